The Morgan fingerprint density at radius 3 is 3.05 bits per heavy atom. The Labute approximate surface area is 131 Å². The lowest BCUT2D eigenvalue weighted by Gasteiger charge is -2.28. The predicted molar refractivity (Wildman–Crippen MR) is 83.4 cm³/mol. The van der Waals surface area contributed by atoms with Crippen LogP contribution in [0.3, 0.4) is 0 Å². The summed E-state index contributed by atoms with van der Waals surface area (Å²) in [5.41, 5.74) is 0.0771. The van der Waals surface area contributed by atoms with Gasteiger partial charge in [-0.25, -0.2) is 9.78 Å². The molecule has 6 nitrogen and oxygen atoms in total. The fraction of sp³-hybridized carbons (Fsp3) is 0.562. The average Bonchev–Trinajstić information content (AvgIpc) is 2.92. The molecule has 1 aromatic rings. The van der Waals surface area contributed by atoms with E-state index in [4.69, 9.17) is 10.00 Å². The zero-order valence-corrected chi connectivity index (χ0v) is 13.3. The van der Waals surface area contributed by atoms with Crippen LogP contribution in [0.5, 0.6) is 0 Å². The summed E-state index contributed by atoms with van der Waals surface area (Å²) in [6.45, 7) is 6.91. The third-order valence-electron chi connectivity index (χ3n) is 3.41. The smallest absolute Gasteiger partial charge is 0.410 e. The fourth-order valence-corrected chi connectivity index (χ4v) is 2.43. The number of hydrogen-bond acceptors (Lipinski definition) is 5. The van der Waals surface area contributed by atoms with Crippen LogP contribution in [0.25, 0.3) is 0 Å². The van der Waals surface area contributed by atoms with Gasteiger partial charge in [0.1, 0.15) is 11.4 Å². The van der Waals surface area contributed by atoms with Crippen LogP contribution in [0.15, 0.2) is 18.3 Å². The van der Waals surface area contributed by atoms with Crippen LogP contribution in [0, 0.1) is 11.3 Å². The van der Waals surface area contributed by atoms with Gasteiger partial charge in [-0.1, -0.05) is 0 Å². The second-order valence-electron chi connectivity index (χ2n) is 6.39. The zero-order valence-electron chi connectivity index (χ0n) is 13.3. The van der Waals surface area contributed by atoms with E-state index in [2.05, 4.69) is 16.4 Å². The fourth-order valence-electron chi connectivity index (χ4n) is 2.43. The van der Waals surface area contributed by atoms with Crippen LogP contribution in [0.2, 0.25) is 0 Å². The highest BCUT2D eigenvalue weighted by Crippen LogP contribution is 2.21. The summed E-state index contributed by atoms with van der Waals surface area (Å²) in [4.78, 5) is 18.2. The van der Waals surface area contributed by atoms with E-state index in [1.54, 1.807) is 23.2 Å². The largest absolute Gasteiger partial charge is 0.444 e. The number of carbonyl (C=O) groups is 1. The van der Waals surface area contributed by atoms with Gasteiger partial charge in [-0.3, -0.25) is 0 Å². The molecule has 0 saturated carbocycles. The first-order valence-corrected chi connectivity index (χ1v) is 7.49. The average molecular weight is 302 g/mol. The number of likely N-dealkylation sites (tertiary alicyclic amines) is 1. The van der Waals surface area contributed by atoms with Crippen molar-refractivity contribution in [1.29, 1.82) is 5.26 Å². The van der Waals surface area contributed by atoms with Gasteiger partial charge in [0.15, 0.2) is 0 Å². The zero-order chi connectivity index (χ0) is 16.2. The van der Waals surface area contributed by atoms with E-state index in [-0.39, 0.29) is 12.1 Å². The van der Waals surface area contributed by atoms with Crippen molar-refractivity contribution in [2.75, 3.05) is 18.4 Å². The highest BCUT2D eigenvalue weighted by Gasteiger charge is 2.31. The second kappa shape index (κ2) is 6.65. The molecule has 22 heavy (non-hydrogen) atoms. The molecule has 0 radical (unpaired) electrons. The number of rotatable bonds is 3. The molecule has 1 aliphatic heterocycles. The molecule has 0 unspecified atom stereocenters. The molecule has 1 amide bonds. The highest BCUT2D eigenvalue weighted by molar-refractivity contribution is 5.69. The number of hydrogen-bond donors (Lipinski definition) is 1. The molecule has 1 atom stereocenters. The van der Waals surface area contributed by atoms with Gasteiger partial charge in [0.25, 0.3) is 0 Å². The molecule has 2 heterocycles. The summed E-state index contributed by atoms with van der Waals surface area (Å²) >= 11 is 0. The molecule has 1 N–H and O–H groups in total. The van der Waals surface area contributed by atoms with Crippen LogP contribution in [0.4, 0.5) is 10.6 Å². The summed E-state index contributed by atoms with van der Waals surface area (Å²) in [5, 5.41) is 12.1. The quantitative estimate of drug-likeness (QED) is 0.929. The first kappa shape index (κ1) is 16.1. The van der Waals surface area contributed by atoms with Crippen molar-refractivity contribution in [3.05, 3.63) is 23.9 Å². The van der Waals surface area contributed by atoms with Gasteiger partial charge in [-0.2, -0.15) is 5.26 Å². The number of amides is 1. The Bertz CT molecular complexity index is 574. The van der Waals surface area contributed by atoms with E-state index in [0.717, 1.165) is 12.8 Å². The molecular weight excluding hydrogens is 280 g/mol. The minimum Gasteiger partial charge on any atom is -0.444 e. The maximum atomic E-state index is 12.2. The van der Waals surface area contributed by atoms with Gasteiger partial charge in [-0.05, 0) is 45.7 Å². The van der Waals surface area contributed by atoms with Gasteiger partial charge >= 0.3 is 6.09 Å². The summed E-state index contributed by atoms with van der Waals surface area (Å²) in [6, 6.07) is 5.53. The molecule has 2 rings (SSSR count). The van der Waals surface area contributed by atoms with Crippen LogP contribution in [0.1, 0.15) is 39.2 Å². The first-order chi connectivity index (χ1) is 10.4. The van der Waals surface area contributed by atoms with Crippen LogP contribution < -0.4 is 5.32 Å². The van der Waals surface area contributed by atoms with Crippen molar-refractivity contribution in [2.45, 2.75) is 45.3 Å². The van der Waals surface area contributed by atoms with Crippen molar-refractivity contribution in [3.8, 4) is 6.07 Å². The van der Waals surface area contributed by atoms with Crippen molar-refractivity contribution in [3.63, 3.8) is 0 Å². The van der Waals surface area contributed by atoms with Gasteiger partial charge in [0, 0.05) is 19.3 Å². The lowest BCUT2D eigenvalue weighted by molar-refractivity contribution is 0.0235. The summed E-state index contributed by atoms with van der Waals surface area (Å²) in [5.74, 6) is 0.648. The van der Waals surface area contributed by atoms with Crippen LogP contribution >= 0.6 is 0 Å². The van der Waals surface area contributed by atoms with E-state index in [1.165, 1.54) is 0 Å². The number of nitriles is 1. The van der Waals surface area contributed by atoms with E-state index < -0.39 is 5.60 Å². The van der Waals surface area contributed by atoms with Crippen LogP contribution in [-0.4, -0.2) is 40.7 Å². The molecule has 0 aliphatic carbocycles. The third-order valence-corrected chi connectivity index (χ3v) is 3.41. The molecule has 0 spiro atoms. The molecule has 0 aromatic carbocycles. The minimum atomic E-state index is -0.486. The third kappa shape index (κ3) is 4.35. The Morgan fingerprint density at radius 1 is 1.59 bits per heavy atom. The second-order valence-corrected chi connectivity index (χ2v) is 6.39. The highest BCUT2D eigenvalue weighted by atomic mass is 16.6. The molecule has 1 fully saturated rings. The van der Waals surface area contributed by atoms with Gasteiger partial charge in [0.05, 0.1) is 17.7 Å². The predicted octanol–water partition coefficient (Wildman–Crippen LogP) is 2.76. The van der Waals surface area contributed by atoms with Crippen molar-refractivity contribution < 1.29 is 9.53 Å². The van der Waals surface area contributed by atoms with Crippen molar-refractivity contribution >= 4 is 11.9 Å². The number of anilines is 1. The Kier molecular flexibility index (Phi) is 4.86. The summed E-state index contributed by atoms with van der Waals surface area (Å²) in [7, 11) is 0. The number of ether oxygens (including phenoxy) is 1. The SMILES string of the molecule is CC(C)(C)OC(=O)N1CCC[C@H]1CNc1cc(C#N)ccn1. The maximum absolute atomic E-state index is 12.2. The summed E-state index contributed by atoms with van der Waals surface area (Å²) < 4.78 is 5.44. The molecule has 1 aromatic heterocycles. The Balaban J connectivity index is 1.94. The van der Waals surface area contributed by atoms with Gasteiger partial charge < -0.3 is 15.0 Å². The number of nitrogens with one attached hydrogen (secondary N) is 1. The Hall–Kier alpha value is -2.29. The van der Waals surface area contributed by atoms with Crippen molar-refractivity contribution in [1.82, 2.24) is 9.88 Å². The summed E-state index contributed by atoms with van der Waals surface area (Å²) in [6.07, 6.45) is 3.23. The van der Waals surface area contributed by atoms with E-state index in [9.17, 15) is 4.79 Å². The molecule has 1 aliphatic rings. The number of carbonyl (C=O) groups excluding carboxylic acids is 1. The van der Waals surface area contributed by atoms with E-state index >= 15 is 0 Å². The maximum Gasteiger partial charge on any atom is 0.410 e. The topological polar surface area (TPSA) is 78.2 Å². The normalized spacial score (nSPS) is 17.9. The van der Waals surface area contributed by atoms with E-state index in [0.29, 0.717) is 24.5 Å². The number of nitrogens with zero attached hydrogens (tertiary/aromatic N) is 3. The minimum absolute atomic E-state index is 0.0855. The van der Waals surface area contributed by atoms with E-state index in [1.807, 2.05) is 20.8 Å². The molecule has 0 bridgehead atoms. The molecule has 118 valence electrons. The lowest BCUT2D eigenvalue weighted by Crippen LogP contribution is -2.42. The standard InChI is InChI=1S/C16H22N4O2/c1-16(2,3)22-15(21)20-8-4-5-13(20)11-19-14-9-12(10-17)6-7-18-14/h6-7,9,13H,4-5,8,11H2,1-3H3,(H,18,19)/t13-/m0/s1. The lowest BCUT2D eigenvalue weighted by atomic mass is 10.2. The number of aromatic nitrogens is 1. The Morgan fingerprint density at radius 2 is 2.36 bits per heavy atom. The molecular formula is C16H22N4O2. The molecule has 6 heteroatoms. The van der Waals surface area contributed by atoms with Crippen molar-refractivity contribution in [2.24, 2.45) is 0 Å². The monoisotopic (exact) mass is 302 g/mol. The number of pyridine rings is 1. The van der Waals surface area contributed by atoms with Crippen LogP contribution in [-0.2, 0) is 4.74 Å². The molecule has 1 saturated heterocycles. The van der Waals surface area contributed by atoms with Gasteiger partial charge in [0.2, 0.25) is 0 Å². The van der Waals surface area contributed by atoms with Gasteiger partial charge in [-0.15, -0.1) is 0 Å². The first-order valence-electron chi connectivity index (χ1n) is 7.49.